The zero-order valence-corrected chi connectivity index (χ0v) is 19.0. The van der Waals surface area contributed by atoms with Gasteiger partial charge in [0.1, 0.15) is 12.1 Å². The van der Waals surface area contributed by atoms with E-state index in [0.717, 1.165) is 0 Å². The summed E-state index contributed by atoms with van der Waals surface area (Å²) < 4.78 is 28.9. The molecule has 0 saturated carbocycles. The fourth-order valence-electron chi connectivity index (χ4n) is 3.46. The van der Waals surface area contributed by atoms with Gasteiger partial charge in [-0.3, -0.25) is 0 Å². The lowest BCUT2D eigenvalue weighted by Gasteiger charge is -2.21. The number of ether oxygens (including phenoxy) is 4. The van der Waals surface area contributed by atoms with Crippen LogP contribution in [0.2, 0.25) is 5.02 Å². The molecule has 0 atom stereocenters. The minimum absolute atomic E-state index is 0.134. The topological polar surface area (TPSA) is 80.0 Å². The molecule has 1 aliphatic rings. The molecule has 0 amide bonds. The highest BCUT2D eigenvalue weighted by Gasteiger charge is 2.35. The first-order valence-corrected chi connectivity index (χ1v) is 11.4. The van der Waals surface area contributed by atoms with Crippen molar-refractivity contribution in [3.8, 4) is 17.2 Å². The normalized spacial score (nSPS) is 12.7. The molecule has 1 aliphatic heterocycles. The maximum absolute atomic E-state index is 12.6. The standard InChI is InChI=1S/C22H22ClNO6S/c1-4-26-18-13-10-29-21(25)17(13)14(19(27-5-2)20(18)28-6-3)11-31-22-24-15-9-12(23)7-8-16(15)30-22/h7-9H,4-6,10-11H2,1-3H3. The number of esters is 1. The van der Waals surface area contributed by atoms with Gasteiger partial charge in [-0.1, -0.05) is 23.4 Å². The summed E-state index contributed by atoms with van der Waals surface area (Å²) in [5, 5.41) is 1.05. The van der Waals surface area contributed by atoms with Crippen molar-refractivity contribution in [2.75, 3.05) is 19.8 Å². The predicted molar refractivity (Wildman–Crippen MR) is 118 cm³/mol. The monoisotopic (exact) mass is 463 g/mol. The van der Waals surface area contributed by atoms with Gasteiger partial charge in [-0.2, -0.15) is 0 Å². The lowest BCUT2D eigenvalue weighted by molar-refractivity contribution is 0.0533. The fraction of sp³-hybridized carbons (Fsp3) is 0.364. The molecule has 0 N–H and O–H groups in total. The Morgan fingerprint density at radius 2 is 1.77 bits per heavy atom. The molecular weight excluding hydrogens is 442 g/mol. The smallest absolute Gasteiger partial charge is 0.339 e. The van der Waals surface area contributed by atoms with E-state index in [9.17, 15) is 4.79 Å². The number of thioether (sulfide) groups is 1. The number of carbonyl (C=O) groups excluding carboxylic acids is 1. The van der Waals surface area contributed by atoms with E-state index in [1.54, 1.807) is 18.2 Å². The van der Waals surface area contributed by atoms with Gasteiger partial charge in [0.15, 0.2) is 17.1 Å². The van der Waals surface area contributed by atoms with E-state index in [4.69, 9.17) is 35.0 Å². The van der Waals surface area contributed by atoms with E-state index in [1.165, 1.54) is 11.8 Å². The highest BCUT2D eigenvalue weighted by molar-refractivity contribution is 7.98. The molecule has 164 valence electrons. The fourth-order valence-corrected chi connectivity index (χ4v) is 4.48. The number of halogens is 1. The average molecular weight is 464 g/mol. The quantitative estimate of drug-likeness (QED) is 0.298. The number of fused-ring (bicyclic) bond motifs is 2. The highest BCUT2D eigenvalue weighted by atomic mass is 35.5. The van der Waals surface area contributed by atoms with Gasteiger partial charge in [-0.15, -0.1) is 0 Å². The molecule has 1 aromatic heterocycles. The molecule has 0 bridgehead atoms. The summed E-state index contributed by atoms with van der Waals surface area (Å²) >= 11 is 7.40. The van der Waals surface area contributed by atoms with Gasteiger partial charge in [0.2, 0.25) is 5.75 Å². The number of nitrogens with zero attached hydrogens (tertiary/aromatic N) is 1. The van der Waals surface area contributed by atoms with Crippen LogP contribution < -0.4 is 14.2 Å². The molecule has 2 aromatic carbocycles. The van der Waals surface area contributed by atoms with Crippen molar-refractivity contribution in [3.05, 3.63) is 39.9 Å². The lowest BCUT2D eigenvalue weighted by Crippen LogP contribution is -2.10. The van der Waals surface area contributed by atoms with E-state index < -0.39 is 5.97 Å². The Labute approximate surface area is 189 Å². The Balaban J connectivity index is 1.78. The van der Waals surface area contributed by atoms with Crippen molar-refractivity contribution >= 4 is 40.4 Å². The number of cyclic esters (lactones) is 1. The minimum Gasteiger partial charge on any atom is -0.489 e. The van der Waals surface area contributed by atoms with Crippen LogP contribution in [-0.4, -0.2) is 30.8 Å². The summed E-state index contributed by atoms with van der Waals surface area (Å²) in [5.41, 5.74) is 3.13. The summed E-state index contributed by atoms with van der Waals surface area (Å²) in [7, 11) is 0. The van der Waals surface area contributed by atoms with Crippen LogP contribution in [0.4, 0.5) is 0 Å². The Morgan fingerprint density at radius 3 is 2.52 bits per heavy atom. The van der Waals surface area contributed by atoms with Gasteiger partial charge in [-0.25, -0.2) is 9.78 Å². The van der Waals surface area contributed by atoms with Crippen molar-refractivity contribution in [2.45, 2.75) is 38.4 Å². The van der Waals surface area contributed by atoms with Gasteiger partial charge in [0.25, 0.3) is 5.22 Å². The Bertz CT molecular complexity index is 1130. The van der Waals surface area contributed by atoms with Crippen molar-refractivity contribution in [1.82, 2.24) is 4.98 Å². The van der Waals surface area contributed by atoms with E-state index >= 15 is 0 Å². The first-order valence-electron chi connectivity index (χ1n) is 10.0. The molecule has 0 aliphatic carbocycles. The predicted octanol–water partition coefficient (Wildman–Crippen LogP) is 5.64. The van der Waals surface area contributed by atoms with Crippen molar-refractivity contribution < 1.29 is 28.2 Å². The van der Waals surface area contributed by atoms with E-state index in [-0.39, 0.29) is 6.61 Å². The highest BCUT2D eigenvalue weighted by Crippen LogP contribution is 2.49. The summed E-state index contributed by atoms with van der Waals surface area (Å²) in [5.74, 6) is 1.44. The average Bonchev–Trinajstić information content (AvgIpc) is 3.33. The van der Waals surface area contributed by atoms with Crippen LogP contribution in [0.1, 0.15) is 42.3 Å². The molecule has 0 radical (unpaired) electrons. The minimum atomic E-state index is -0.403. The number of carbonyl (C=O) groups is 1. The Hall–Kier alpha value is -2.58. The zero-order chi connectivity index (χ0) is 22.0. The number of benzene rings is 2. The van der Waals surface area contributed by atoms with Crippen molar-refractivity contribution in [1.29, 1.82) is 0 Å². The molecule has 3 aromatic rings. The molecule has 31 heavy (non-hydrogen) atoms. The second kappa shape index (κ2) is 9.28. The van der Waals surface area contributed by atoms with Crippen LogP contribution in [0.5, 0.6) is 17.2 Å². The molecular formula is C22H22ClNO6S. The zero-order valence-electron chi connectivity index (χ0n) is 17.5. The third kappa shape index (κ3) is 4.14. The number of oxazole rings is 1. The summed E-state index contributed by atoms with van der Waals surface area (Å²) in [4.78, 5) is 17.1. The maximum Gasteiger partial charge on any atom is 0.339 e. The van der Waals surface area contributed by atoms with Crippen LogP contribution >= 0.6 is 23.4 Å². The maximum atomic E-state index is 12.6. The number of rotatable bonds is 9. The number of hydrogen-bond donors (Lipinski definition) is 0. The molecule has 0 fully saturated rings. The number of hydrogen-bond acceptors (Lipinski definition) is 8. The Kier molecular flexibility index (Phi) is 6.48. The van der Waals surface area contributed by atoms with Crippen LogP contribution in [0, 0.1) is 0 Å². The van der Waals surface area contributed by atoms with Gasteiger partial charge < -0.3 is 23.4 Å². The van der Waals surface area contributed by atoms with Gasteiger partial charge in [0.05, 0.1) is 30.9 Å². The summed E-state index contributed by atoms with van der Waals surface area (Å²) in [6.45, 7) is 7.02. The third-order valence-corrected chi connectivity index (χ3v) is 5.74. The third-order valence-electron chi connectivity index (χ3n) is 4.65. The number of aromatic nitrogens is 1. The molecule has 0 unspecified atom stereocenters. The van der Waals surface area contributed by atoms with Crippen molar-refractivity contribution in [3.63, 3.8) is 0 Å². The first-order chi connectivity index (χ1) is 15.1. The summed E-state index contributed by atoms with van der Waals surface area (Å²) in [6, 6.07) is 5.27. The lowest BCUT2D eigenvalue weighted by atomic mass is 10.0. The van der Waals surface area contributed by atoms with Gasteiger partial charge in [0, 0.05) is 16.3 Å². The van der Waals surface area contributed by atoms with Crippen LogP contribution in [0.25, 0.3) is 11.1 Å². The van der Waals surface area contributed by atoms with E-state index in [2.05, 4.69) is 4.98 Å². The molecule has 7 nitrogen and oxygen atoms in total. The van der Waals surface area contributed by atoms with Gasteiger partial charge >= 0.3 is 5.97 Å². The van der Waals surface area contributed by atoms with E-state index in [1.807, 2.05) is 20.8 Å². The second-order valence-electron chi connectivity index (χ2n) is 6.58. The van der Waals surface area contributed by atoms with Crippen molar-refractivity contribution in [2.24, 2.45) is 0 Å². The molecule has 2 heterocycles. The van der Waals surface area contributed by atoms with E-state index in [0.29, 0.717) is 80.9 Å². The molecule has 0 spiro atoms. The van der Waals surface area contributed by atoms with Crippen LogP contribution in [0.15, 0.2) is 27.8 Å². The molecule has 0 saturated heterocycles. The molecule has 9 heteroatoms. The Morgan fingerprint density at radius 1 is 1.06 bits per heavy atom. The SMILES string of the molecule is CCOc1c2c(c(CSc3nc4cc(Cl)ccc4o3)c(OCC)c1OCC)C(=O)OC2. The second-order valence-corrected chi connectivity index (χ2v) is 7.94. The van der Waals surface area contributed by atoms with Gasteiger partial charge in [-0.05, 0) is 39.0 Å². The van der Waals surface area contributed by atoms with Crippen LogP contribution in [0.3, 0.4) is 0 Å². The van der Waals surface area contributed by atoms with Crippen LogP contribution in [-0.2, 0) is 17.1 Å². The first kappa shape index (κ1) is 21.6. The summed E-state index contributed by atoms with van der Waals surface area (Å²) in [6.07, 6.45) is 0. The molecule has 4 rings (SSSR count). The largest absolute Gasteiger partial charge is 0.489 e.